The van der Waals surface area contributed by atoms with E-state index in [-0.39, 0.29) is 5.54 Å². The van der Waals surface area contributed by atoms with Crippen LogP contribution in [-0.2, 0) is 13.0 Å². The Kier molecular flexibility index (Phi) is 4.37. The van der Waals surface area contributed by atoms with Gasteiger partial charge in [-0.05, 0) is 57.6 Å². The fourth-order valence-electron chi connectivity index (χ4n) is 4.07. The fourth-order valence-corrected chi connectivity index (χ4v) is 4.07. The standard InChI is InChI=1S/C19H30N2/c1-19(2,3)20-17-9-6-10-18(13-17)21-12-11-15-7-4-5-8-16(15)14-21/h4-5,7-8,17-18,20H,6,9-14H2,1-3H3/t17-,18+/m0/s1. The summed E-state index contributed by atoms with van der Waals surface area (Å²) in [5.41, 5.74) is 3.35. The van der Waals surface area contributed by atoms with E-state index in [2.05, 4.69) is 55.3 Å². The molecule has 1 aliphatic carbocycles. The molecule has 0 bridgehead atoms. The van der Waals surface area contributed by atoms with E-state index in [0.717, 1.165) is 12.6 Å². The molecule has 0 unspecified atom stereocenters. The Bertz CT molecular complexity index is 475. The van der Waals surface area contributed by atoms with Crippen molar-refractivity contribution in [3.63, 3.8) is 0 Å². The minimum atomic E-state index is 0.237. The third-order valence-corrected chi connectivity index (χ3v) is 4.96. The van der Waals surface area contributed by atoms with E-state index in [0.29, 0.717) is 6.04 Å². The van der Waals surface area contributed by atoms with Gasteiger partial charge in [-0.1, -0.05) is 30.7 Å². The maximum Gasteiger partial charge on any atom is 0.0239 e. The lowest BCUT2D eigenvalue weighted by molar-refractivity contribution is 0.119. The molecule has 0 aromatic heterocycles. The van der Waals surface area contributed by atoms with Crippen LogP contribution in [0.4, 0.5) is 0 Å². The van der Waals surface area contributed by atoms with Gasteiger partial charge in [0.05, 0.1) is 0 Å². The summed E-state index contributed by atoms with van der Waals surface area (Å²) < 4.78 is 0. The number of nitrogens with one attached hydrogen (secondary N) is 1. The van der Waals surface area contributed by atoms with Crippen LogP contribution in [0.5, 0.6) is 0 Å². The van der Waals surface area contributed by atoms with Gasteiger partial charge in [-0.25, -0.2) is 0 Å². The third-order valence-electron chi connectivity index (χ3n) is 4.96. The van der Waals surface area contributed by atoms with Crippen LogP contribution in [0, 0.1) is 0 Å². The first kappa shape index (κ1) is 15.1. The van der Waals surface area contributed by atoms with Crippen LogP contribution in [0.25, 0.3) is 0 Å². The molecule has 1 aromatic carbocycles. The number of rotatable bonds is 2. The fraction of sp³-hybridized carbons (Fsp3) is 0.684. The maximum atomic E-state index is 3.82. The normalized spacial score (nSPS) is 27.4. The van der Waals surface area contributed by atoms with Crippen molar-refractivity contribution in [2.75, 3.05) is 6.54 Å². The summed E-state index contributed by atoms with van der Waals surface area (Å²) >= 11 is 0. The van der Waals surface area contributed by atoms with Crippen molar-refractivity contribution in [2.45, 2.75) is 77.0 Å². The van der Waals surface area contributed by atoms with Gasteiger partial charge in [-0.2, -0.15) is 0 Å². The van der Waals surface area contributed by atoms with Gasteiger partial charge in [0.25, 0.3) is 0 Å². The van der Waals surface area contributed by atoms with E-state index in [4.69, 9.17) is 0 Å². The molecule has 1 saturated carbocycles. The summed E-state index contributed by atoms with van der Waals surface area (Å²) in [6.07, 6.45) is 6.64. The molecule has 2 heteroatoms. The van der Waals surface area contributed by atoms with Gasteiger partial charge in [0.15, 0.2) is 0 Å². The molecule has 1 aliphatic heterocycles. The second kappa shape index (κ2) is 6.10. The molecule has 3 rings (SSSR count). The van der Waals surface area contributed by atoms with E-state index in [1.807, 2.05) is 0 Å². The lowest BCUT2D eigenvalue weighted by Crippen LogP contribution is -2.50. The highest BCUT2D eigenvalue weighted by molar-refractivity contribution is 5.29. The molecule has 2 aliphatic rings. The average Bonchev–Trinajstić information content (AvgIpc) is 2.45. The van der Waals surface area contributed by atoms with Gasteiger partial charge in [0.2, 0.25) is 0 Å². The van der Waals surface area contributed by atoms with E-state index in [9.17, 15) is 0 Å². The Labute approximate surface area is 129 Å². The SMILES string of the molecule is CC(C)(C)N[C@H]1CCC[C@@H](N2CCc3ccccc3C2)C1. The van der Waals surface area contributed by atoms with Crippen molar-refractivity contribution in [1.82, 2.24) is 10.2 Å². The molecule has 1 aromatic rings. The predicted molar refractivity (Wildman–Crippen MR) is 89.5 cm³/mol. The Morgan fingerprint density at radius 3 is 2.62 bits per heavy atom. The lowest BCUT2D eigenvalue weighted by Gasteiger charge is -2.41. The first-order valence-corrected chi connectivity index (χ1v) is 8.60. The number of nitrogens with zero attached hydrogens (tertiary/aromatic N) is 1. The van der Waals surface area contributed by atoms with E-state index in [1.54, 1.807) is 11.1 Å². The van der Waals surface area contributed by atoms with Gasteiger partial charge in [0.1, 0.15) is 0 Å². The summed E-state index contributed by atoms with van der Waals surface area (Å²) in [6.45, 7) is 9.25. The van der Waals surface area contributed by atoms with E-state index in [1.165, 1.54) is 38.6 Å². The molecular weight excluding hydrogens is 256 g/mol. The van der Waals surface area contributed by atoms with Crippen LogP contribution < -0.4 is 5.32 Å². The minimum Gasteiger partial charge on any atom is -0.309 e. The van der Waals surface area contributed by atoms with Crippen molar-refractivity contribution >= 4 is 0 Å². The molecule has 21 heavy (non-hydrogen) atoms. The molecule has 116 valence electrons. The van der Waals surface area contributed by atoms with Crippen molar-refractivity contribution in [3.05, 3.63) is 35.4 Å². The van der Waals surface area contributed by atoms with E-state index >= 15 is 0 Å². The highest BCUT2D eigenvalue weighted by atomic mass is 15.2. The van der Waals surface area contributed by atoms with Crippen LogP contribution in [0.1, 0.15) is 57.6 Å². The molecule has 1 N–H and O–H groups in total. The van der Waals surface area contributed by atoms with Crippen LogP contribution in [0.2, 0.25) is 0 Å². The zero-order valence-corrected chi connectivity index (χ0v) is 13.9. The number of hydrogen-bond acceptors (Lipinski definition) is 2. The average molecular weight is 286 g/mol. The van der Waals surface area contributed by atoms with Crippen molar-refractivity contribution in [3.8, 4) is 0 Å². The summed E-state index contributed by atoms with van der Waals surface area (Å²) in [6, 6.07) is 10.5. The maximum absolute atomic E-state index is 3.82. The molecule has 0 amide bonds. The molecule has 0 saturated heterocycles. The monoisotopic (exact) mass is 286 g/mol. The molecule has 0 spiro atoms. The largest absolute Gasteiger partial charge is 0.309 e. The third kappa shape index (κ3) is 3.87. The van der Waals surface area contributed by atoms with Gasteiger partial charge in [-0.3, -0.25) is 4.90 Å². The van der Waals surface area contributed by atoms with Gasteiger partial charge >= 0.3 is 0 Å². The predicted octanol–water partition coefficient (Wildman–Crippen LogP) is 3.74. The van der Waals surface area contributed by atoms with Crippen LogP contribution in [0.15, 0.2) is 24.3 Å². The number of fused-ring (bicyclic) bond motifs is 1. The summed E-state index contributed by atoms with van der Waals surface area (Å²) in [4.78, 5) is 2.73. The quantitative estimate of drug-likeness (QED) is 0.891. The Hall–Kier alpha value is -0.860. The zero-order chi connectivity index (χ0) is 14.9. The van der Waals surface area contributed by atoms with Crippen molar-refractivity contribution in [2.24, 2.45) is 0 Å². The van der Waals surface area contributed by atoms with E-state index < -0.39 is 0 Å². The molecule has 2 atom stereocenters. The van der Waals surface area contributed by atoms with Crippen LogP contribution in [0.3, 0.4) is 0 Å². The van der Waals surface area contributed by atoms with Crippen molar-refractivity contribution < 1.29 is 0 Å². The van der Waals surface area contributed by atoms with Crippen LogP contribution in [-0.4, -0.2) is 29.1 Å². The van der Waals surface area contributed by atoms with Gasteiger partial charge in [-0.15, -0.1) is 0 Å². The molecule has 0 radical (unpaired) electrons. The molecule has 2 nitrogen and oxygen atoms in total. The molecule has 1 heterocycles. The highest BCUT2D eigenvalue weighted by Gasteiger charge is 2.30. The van der Waals surface area contributed by atoms with Crippen LogP contribution >= 0.6 is 0 Å². The summed E-state index contributed by atoms with van der Waals surface area (Å²) in [7, 11) is 0. The first-order chi connectivity index (χ1) is 10.0. The Morgan fingerprint density at radius 2 is 1.86 bits per heavy atom. The van der Waals surface area contributed by atoms with Gasteiger partial charge < -0.3 is 5.32 Å². The zero-order valence-electron chi connectivity index (χ0n) is 13.9. The molecular formula is C19H30N2. The summed E-state index contributed by atoms with van der Waals surface area (Å²) in [5, 5.41) is 3.82. The van der Waals surface area contributed by atoms with Crippen molar-refractivity contribution in [1.29, 1.82) is 0 Å². The summed E-state index contributed by atoms with van der Waals surface area (Å²) in [5.74, 6) is 0. The lowest BCUT2D eigenvalue weighted by atomic mass is 9.87. The first-order valence-electron chi connectivity index (χ1n) is 8.60. The van der Waals surface area contributed by atoms with Gasteiger partial charge in [0, 0.05) is 30.7 Å². The highest BCUT2D eigenvalue weighted by Crippen LogP contribution is 2.28. The smallest absolute Gasteiger partial charge is 0.0239 e. The topological polar surface area (TPSA) is 15.3 Å². The molecule has 1 fully saturated rings. The Morgan fingerprint density at radius 1 is 1.10 bits per heavy atom. The minimum absolute atomic E-state index is 0.237. The second-order valence-corrected chi connectivity index (χ2v) is 7.90. The second-order valence-electron chi connectivity index (χ2n) is 7.90. The number of hydrogen-bond donors (Lipinski definition) is 1. The number of benzene rings is 1. The Balaban J connectivity index is 1.62.